The van der Waals surface area contributed by atoms with E-state index >= 15 is 0 Å². The topological polar surface area (TPSA) is 72.0 Å². The van der Waals surface area contributed by atoms with Crippen molar-refractivity contribution in [1.29, 1.82) is 0 Å². The van der Waals surface area contributed by atoms with Crippen LogP contribution in [0.3, 0.4) is 0 Å². The largest absolute Gasteiger partial charge is 0.469 e. The summed E-state index contributed by atoms with van der Waals surface area (Å²) in [5.74, 6) is -0.343. The van der Waals surface area contributed by atoms with Gasteiger partial charge in [0.05, 0.1) is 13.5 Å². The Morgan fingerprint density at radius 3 is 2.64 bits per heavy atom. The van der Waals surface area contributed by atoms with Gasteiger partial charge in [-0.1, -0.05) is 0 Å². The molecule has 0 aliphatic rings. The minimum atomic E-state index is -0.395. The van der Waals surface area contributed by atoms with E-state index in [2.05, 4.69) is 14.7 Å². The number of nitrogens with zero attached hydrogens (tertiary/aromatic N) is 1. The molecule has 0 unspecified atom stereocenters. The van der Waals surface area contributed by atoms with Gasteiger partial charge in [0.15, 0.2) is 0 Å². The molecule has 0 aliphatic heterocycles. The summed E-state index contributed by atoms with van der Waals surface area (Å²) in [6, 6.07) is 0. The number of rotatable bonds is 2. The standard InChI is InChI=1S/C9H12N2O3/c1-5-7(4-8(12)14-3)6(2)11-9(13)10-5/h4H2,1-3H3,(H,10,11,13). The molecule has 5 heteroatoms. The first kappa shape index (κ1) is 10.4. The molecule has 1 heterocycles. The fourth-order valence-electron chi connectivity index (χ4n) is 1.23. The normalized spacial score (nSPS) is 9.93. The van der Waals surface area contributed by atoms with Crippen LogP contribution >= 0.6 is 0 Å². The molecule has 14 heavy (non-hydrogen) atoms. The third-order valence-corrected chi connectivity index (χ3v) is 2.00. The van der Waals surface area contributed by atoms with Crippen molar-refractivity contribution in [2.24, 2.45) is 0 Å². The van der Waals surface area contributed by atoms with Crippen molar-refractivity contribution in [2.75, 3.05) is 7.11 Å². The maximum Gasteiger partial charge on any atom is 0.345 e. The zero-order valence-corrected chi connectivity index (χ0v) is 8.38. The van der Waals surface area contributed by atoms with Crippen LogP contribution in [0.15, 0.2) is 4.79 Å². The summed E-state index contributed by atoms with van der Waals surface area (Å²) in [6.45, 7) is 3.43. The number of ether oxygens (including phenoxy) is 1. The van der Waals surface area contributed by atoms with Crippen molar-refractivity contribution >= 4 is 5.97 Å². The summed E-state index contributed by atoms with van der Waals surface area (Å²) >= 11 is 0. The van der Waals surface area contributed by atoms with Gasteiger partial charge in [-0.25, -0.2) is 4.79 Å². The van der Waals surface area contributed by atoms with Gasteiger partial charge in [-0.3, -0.25) is 4.79 Å². The van der Waals surface area contributed by atoms with Crippen molar-refractivity contribution < 1.29 is 9.53 Å². The Labute approximate surface area is 81.1 Å². The molecule has 0 bridgehead atoms. The van der Waals surface area contributed by atoms with E-state index in [1.54, 1.807) is 13.8 Å². The van der Waals surface area contributed by atoms with E-state index in [4.69, 9.17) is 0 Å². The van der Waals surface area contributed by atoms with Gasteiger partial charge in [-0.15, -0.1) is 0 Å². The summed E-state index contributed by atoms with van der Waals surface area (Å²) in [6.07, 6.45) is 0.137. The molecule has 0 radical (unpaired) electrons. The molecule has 1 aromatic rings. The molecule has 5 nitrogen and oxygen atoms in total. The summed E-state index contributed by atoms with van der Waals surface area (Å²) < 4.78 is 4.54. The Morgan fingerprint density at radius 1 is 1.50 bits per heavy atom. The lowest BCUT2D eigenvalue weighted by molar-refractivity contribution is -0.139. The van der Waals surface area contributed by atoms with Gasteiger partial charge >= 0.3 is 11.7 Å². The molecule has 0 amide bonds. The molecule has 0 saturated carbocycles. The molecule has 1 rings (SSSR count). The number of aromatic amines is 1. The van der Waals surface area contributed by atoms with E-state index in [0.29, 0.717) is 11.4 Å². The monoisotopic (exact) mass is 196 g/mol. The highest BCUT2D eigenvalue weighted by Gasteiger charge is 2.10. The lowest BCUT2D eigenvalue weighted by Crippen LogP contribution is -2.18. The summed E-state index contributed by atoms with van der Waals surface area (Å²) in [5, 5.41) is 0. The quantitative estimate of drug-likeness (QED) is 0.681. The number of aryl methyl sites for hydroxylation is 2. The molecule has 1 N–H and O–H groups in total. The predicted octanol–water partition coefficient (Wildman–Crippen LogP) is 0.102. The zero-order chi connectivity index (χ0) is 10.7. The molecular formula is C9H12N2O3. The lowest BCUT2D eigenvalue weighted by Gasteiger charge is -2.06. The van der Waals surface area contributed by atoms with Crippen molar-refractivity contribution in [3.05, 3.63) is 27.4 Å². The van der Waals surface area contributed by atoms with Gasteiger partial charge in [0.1, 0.15) is 0 Å². The first-order valence-corrected chi connectivity index (χ1v) is 4.17. The van der Waals surface area contributed by atoms with E-state index in [1.165, 1.54) is 7.11 Å². The van der Waals surface area contributed by atoms with Gasteiger partial charge in [0.25, 0.3) is 0 Å². The molecule has 0 fully saturated rings. The highest BCUT2D eigenvalue weighted by Crippen LogP contribution is 2.07. The van der Waals surface area contributed by atoms with Crippen LogP contribution in [0.4, 0.5) is 0 Å². The molecule has 1 aromatic heterocycles. The number of esters is 1. The third kappa shape index (κ3) is 2.18. The molecule has 0 aliphatic carbocycles. The van der Waals surface area contributed by atoms with E-state index in [9.17, 15) is 9.59 Å². The van der Waals surface area contributed by atoms with Gasteiger partial charge in [0, 0.05) is 17.0 Å². The number of H-pyrrole nitrogens is 1. The van der Waals surface area contributed by atoms with E-state index in [-0.39, 0.29) is 12.4 Å². The number of methoxy groups -OCH3 is 1. The first-order chi connectivity index (χ1) is 6.54. The second kappa shape index (κ2) is 4.04. The fraction of sp³-hybridized carbons (Fsp3) is 0.444. The van der Waals surface area contributed by atoms with Crippen molar-refractivity contribution in [3.63, 3.8) is 0 Å². The number of aromatic nitrogens is 2. The summed E-state index contributed by atoms with van der Waals surface area (Å²) in [7, 11) is 1.33. The molecular weight excluding hydrogens is 184 g/mol. The van der Waals surface area contributed by atoms with Crippen molar-refractivity contribution in [1.82, 2.24) is 9.97 Å². The van der Waals surface area contributed by atoms with E-state index < -0.39 is 5.69 Å². The van der Waals surface area contributed by atoms with Gasteiger partial charge in [-0.2, -0.15) is 4.98 Å². The number of carbonyl (C=O) groups excluding carboxylic acids is 1. The lowest BCUT2D eigenvalue weighted by atomic mass is 10.1. The van der Waals surface area contributed by atoms with Crippen LogP contribution in [0.25, 0.3) is 0 Å². The Bertz CT molecular complexity index is 383. The highest BCUT2D eigenvalue weighted by atomic mass is 16.5. The minimum absolute atomic E-state index is 0.137. The van der Waals surface area contributed by atoms with Crippen LogP contribution in [-0.2, 0) is 16.0 Å². The fourth-order valence-corrected chi connectivity index (χ4v) is 1.23. The van der Waals surface area contributed by atoms with Crippen molar-refractivity contribution in [3.8, 4) is 0 Å². The molecule has 0 aromatic carbocycles. The summed E-state index contributed by atoms with van der Waals surface area (Å²) in [4.78, 5) is 28.2. The molecule has 0 spiro atoms. The Balaban J connectivity index is 3.09. The van der Waals surface area contributed by atoms with E-state index in [1.807, 2.05) is 0 Å². The second-order valence-corrected chi connectivity index (χ2v) is 2.98. The van der Waals surface area contributed by atoms with Crippen LogP contribution in [0.2, 0.25) is 0 Å². The second-order valence-electron chi connectivity index (χ2n) is 2.98. The van der Waals surface area contributed by atoms with Gasteiger partial charge < -0.3 is 9.72 Å². The van der Waals surface area contributed by atoms with Crippen LogP contribution in [0.1, 0.15) is 17.0 Å². The number of nitrogens with one attached hydrogen (secondary N) is 1. The van der Waals surface area contributed by atoms with Crippen LogP contribution in [0, 0.1) is 13.8 Å². The summed E-state index contributed by atoms with van der Waals surface area (Å²) in [5.41, 5.74) is 1.55. The van der Waals surface area contributed by atoms with Crippen molar-refractivity contribution in [2.45, 2.75) is 20.3 Å². The van der Waals surface area contributed by atoms with Crippen LogP contribution in [0.5, 0.6) is 0 Å². The maximum atomic E-state index is 11.0. The van der Waals surface area contributed by atoms with Crippen LogP contribution < -0.4 is 5.69 Å². The number of hydrogen-bond acceptors (Lipinski definition) is 4. The Kier molecular flexibility index (Phi) is 3.01. The Hall–Kier alpha value is -1.65. The SMILES string of the molecule is COC(=O)Cc1c(C)nc(=O)[nH]c1C. The number of carbonyl (C=O) groups is 1. The van der Waals surface area contributed by atoms with Gasteiger partial charge in [0.2, 0.25) is 0 Å². The predicted molar refractivity (Wildman–Crippen MR) is 50.1 cm³/mol. The average Bonchev–Trinajstić information content (AvgIpc) is 2.10. The number of hydrogen-bond donors (Lipinski definition) is 1. The molecule has 0 atom stereocenters. The Morgan fingerprint density at radius 2 is 2.14 bits per heavy atom. The molecule has 0 saturated heterocycles. The third-order valence-electron chi connectivity index (χ3n) is 2.00. The zero-order valence-electron chi connectivity index (χ0n) is 8.38. The minimum Gasteiger partial charge on any atom is -0.469 e. The highest BCUT2D eigenvalue weighted by molar-refractivity contribution is 5.72. The maximum absolute atomic E-state index is 11.0. The van der Waals surface area contributed by atoms with E-state index in [0.717, 1.165) is 5.56 Å². The molecule has 76 valence electrons. The van der Waals surface area contributed by atoms with Gasteiger partial charge in [-0.05, 0) is 13.8 Å². The average molecular weight is 196 g/mol. The van der Waals surface area contributed by atoms with Crippen LogP contribution in [-0.4, -0.2) is 23.0 Å². The first-order valence-electron chi connectivity index (χ1n) is 4.17. The smallest absolute Gasteiger partial charge is 0.345 e.